The van der Waals surface area contributed by atoms with Crippen molar-refractivity contribution in [2.75, 3.05) is 5.32 Å². The van der Waals surface area contributed by atoms with Crippen LogP contribution in [0.1, 0.15) is 26.5 Å². The van der Waals surface area contributed by atoms with Crippen LogP contribution in [0.4, 0.5) is 5.69 Å². The van der Waals surface area contributed by atoms with Crippen molar-refractivity contribution in [1.29, 1.82) is 0 Å². The summed E-state index contributed by atoms with van der Waals surface area (Å²) in [5.41, 5.74) is 3.37. The fourth-order valence-electron chi connectivity index (χ4n) is 3.15. The predicted molar refractivity (Wildman–Crippen MR) is 111 cm³/mol. The molecular weight excluding hydrogens is 356 g/mol. The fraction of sp³-hybridized carbons (Fsp3) is 0.0909. The number of benzene rings is 2. The van der Waals surface area contributed by atoms with Crippen LogP contribution in [0.2, 0.25) is 0 Å². The van der Waals surface area contributed by atoms with E-state index < -0.39 is 0 Å². The molecule has 0 spiro atoms. The molecule has 0 unspecified atom stereocenters. The quantitative estimate of drug-likeness (QED) is 0.542. The molecule has 5 heteroatoms. The standard InChI is InChI=1S/C22H18N2O2S/c1-14-19-18(25)13-17(12-15-8-4-2-5-9-15)24-22(19)27-20(14)21(26)23-16-10-6-3-7-11-16/h2-11,13H,12H2,1H3,(H,23,26)(H,24,25). The van der Waals surface area contributed by atoms with Crippen molar-refractivity contribution in [2.24, 2.45) is 0 Å². The summed E-state index contributed by atoms with van der Waals surface area (Å²) >= 11 is 1.32. The molecule has 0 radical (unpaired) electrons. The molecule has 0 aliphatic carbocycles. The second kappa shape index (κ2) is 7.21. The summed E-state index contributed by atoms with van der Waals surface area (Å²) in [5.74, 6) is -0.197. The van der Waals surface area contributed by atoms with E-state index in [4.69, 9.17) is 0 Å². The Labute approximate surface area is 160 Å². The molecule has 4 nitrogen and oxygen atoms in total. The zero-order valence-corrected chi connectivity index (χ0v) is 15.6. The number of aromatic nitrogens is 1. The Bertz CT molecular complexity index is 1160. The molecule has 2 N–H and O–H groups in total. The van der Waals surface area contributed by atoms with E-state index in [0.29, 0.717) is 16.7 Å². The maximum absolute atomic E-state index is 12.7. The van der Waals surface area contributed by atoms with Gasteiger partial charge in [0.15, 0.2) is 5.43 Å². The minimum atomic E-state index is -0.197. The fourth-order valence-corrected chi connectivity index (χ4v) is 4.29. The maximum Gasteiger partial charge on any atom is 0.266 e. The number of fused-ring (bicyclic) bond motifs is 1. The molecule has 4 aromatic rings. The van der Waals surface area contributed by atoms with Crippen LogP contribution >= 0.6 is 11.3 Å². The van der Waals surface area contributed by atoms with E-state index in [-0.39, 0.29) is 11.3 Å². The Morgan fingerprint density at radius 3 is 2.41 bits per heavy atom. The first-order valence-electron chi connectivity index (χ1n) is 8.67. The zero-order chi connectivity index (χ0) is 18.8. The minimum Gasteiger partial charge on any atom is -0.350 e. The lowest BCUT2D eigenvalue weighted by molar-refractivity contribution is 0.103. The highest BCUT2D eigenvalue weighted by Crippen LogP contribution is 2.28. The predicted octanol–water partition coefficient (Wildman–Crippen LogP) is 4.74. The molecule has 0 aliphatic heterocycles. The number of hydrogen-bond acceptors (Lipinski definition) is 3. The number of nitrogens with one attached hydrogen (secondary N) is 2. The van der Waals surface area contributed by atoms with Crippen LogP contribution in [0, 0.1) is 6.92 Å². The van der Waals surface area contributed by atoms with Gasteiger partial charge in [0.25, 0.3) is 5.91 Å². The third-order valence-electron chi connectivity index (χ3n) is 4.45. The molecular formula is C22H18N2O2S. The Hall–Kier alpha value is -3.18. The van der Waals surface area contributed by atoms with Gasteiger partial charge in [-0.05, 0) is 30.2 Å². The number of aryl methyl sites for hydroxylation is 1. The number of carbonyl (C=O) groups is 1. The van der Waals surface area contributed by atoms with Crippen molar-refractivity contribution in [3.8, 4) is 0 Å². The maximum atomic E-state index is 12.7. The molecule has 0 bridgehead atoms. The first-order valence-corrected chi connectivity index (χ1v) is 9.49. The Morgan fingerprint density at radius 2 is 1.70 bits per heavy atom. The molecule has 0 saturated heterocycles. The van der Waals surface area contributed by atoms with Crippen LogP contribution in [0.25, 0.3) is 10.2 Å². The van der Waals surface area contributed by atoms with Crippen LogP contribution in [0.5, 0.6) is 0 Å². The molecule has 2 aromatic carbocycles. The van der Waals surface area contributed by atoms with Crippen LogP contribution in [-0.2, 0) is 6.42 Å². The largest absolute Gasteiger partial charge is 0.350 e. The smallest absolute Gasteiger partial charge is 0.266 e. The van der Waals surface area contributed by atoms with E-state index in [0.717, 1.165) is 27.3 Å². The Balaban J connectivity index is 1.69. The number of pyridine rings is 1. The average molecular weight is 374 g/mol. The van der Waals surface area contributed by atoms with Crippen molar-refractivity contribution in [3.63, 3.8) is 0 Å². The number of carbonyl (C=O) groups excluding carboxylic acids is 1. The summed E-state index contributed by atoms with van der Waals surface area (Å²) in [7, 11) is 0. The van der Waals surface area contributed by atoms with Gasteiger partial charge in [0, 0.05) is 23.9 Å². The number of H-pyrrole nitrogens is 1. The lowest BCUT2D eigenvalue weighted by atomic mass is 10.1. The number of anilines is 1. The van der Waals surface area contributed by atoms with Gasteiger partial charge in [0.05, 0.1) is 10.3 Å². The zero-order valence-electron chi connectivity index (χ0n) is 14.8. The summed E-state index contributed by atoms with van der Waals surface area (Å²) < 4.78 is 0. The van der Waals surface area contributed by atoms with Crippen LogP contribution in [0.3, 0.4) is 0 Å². The number of amides is 1. The normalized spacial score (nSPS) is 10.9. The van der Waals surface area contributed by atoms with Crippen molar-refractivity contribution in [3.05, 3.63) is 98.7 Å². The molecule has 0 aliphatic rings. The van der Waals surface area contributed by atoms with Gasteiger partial charge in [0.2, 0.25) is 0 Å². The number of rotatable bonds is 4. The van der Waals surface area contributed by atoms with Crippen LogP contribution in [0.15, 0.2) is 71.5 Å². The molecule has 0 saturated carbocycles. The van der Waals surface area contributed by atoms with E-state index in [1.165, 1.54) is 11.3 Å². The summed E-state index contributed by atoms with van der Waals surface area (Å²) in [6.45, 7) is 1.82. The van der Waals surface area contributed by atoms with Gasteiger partial charge < -0.3 is 10.3 Å². The highest BCUT2D eigenvalue weighted by Gasteiger charge is 2.18. The van der Waals surface area contributed by atoms with Gasteiger partial charge in [-0.2, -0.15) is 0 Å². The number of aromatic amines is 1. The van der Waals surface area contributed by atoms with Gasteiger partial charge in [-0.25, -0.2) is 0 Å². The van der Waals surface area contributed by atoms with Gasteiger partial charge >= 0.3 is 0 Å². The number of thiophene rings is 1. The van der Waals surface area contributed by atoms with E-state index in [1.54, 1.807) is 6.07 Å². The highest BCUT2D eigenvalue weighted by atomic mass is 32.1. The van der Waals surface area contributed by atoms with Crippen LogP contribution in [-0.4, -0.2) is 10.9 Å². The van der Waals surface area contributed by atoms with Crippen molar-refractivity contribution >= 4 is 33.1 Å². The highest BCUT2D eigenvalue weighted by molar-refractivity contribution is 7.20. The molecule has 0 fully saturated rings. The van der Waals surface area contributed by atoms with E-state index in [2.05, 4.69) is 10.3 Å². The lowest BCUT2D eigenvalue weighted by Gasteiger charge is -2.03. The van der Waals surface area contributed by atoms with E-state index in [1.807, 2.05) is 67.6 Å². The second-order valence-corrected chi connectivity index (χ2v) is 7.42. The molecule has 4 rings (SSSR count). The third kappa shape index (κ3) is 3.55. The molecule has 0 atom stereocenters. The Kier molecular flexibility index (Phi) is 4.60. The van der Waals surface area contributed by atoms with Gasteiger partial charge in [-0.15, -0.1) is 11.3 Å². The molecule has 1 amide bonds. The van der Waals surface area contributed by atoms with Gasteiger partial charge in [-0.3, -0.25) is 9.59 Å². The summed E-state index contributed by atoms with van der Waals surface area (Å²) in [4.78, 5) is 30.0. The minimum absolute atomic E-state index is 0.0535. The van der Waals surface area contributed by atoms with Gasteiger partial charge in [-0.1, -0.05) is 48.5 Å². The van der Waals surface area contributed by atoms with E-state index >= 15 is 0 Å². The van der Waals surface area contributed by atoms with Crippen LogP contribution < -0.4 is 10.7 Å². The molecule has 2 aromatic heterocycles. The molecule has 27 heavy (non-hydrogen) atoms. The third-order valence-corrected chi connectivity index (χ3v) is 5.65. The first-order chi connectivity index (χ1) is 13.1. The van der Waals surface area contributed by atoms with Crippen molar-refractivity contribution in [2.45, 2.75) is 13.3 Å². The van der Waals surface area contributed by atoms with Crippen molar-refractivity contribution < 1.29 is 4.79 Å². The van der Waals surface area contributed by atoms with Crippen molar-refractivity contribution in [1.82, 2.24) is 4.98 Å². The summed E-state index contributed by atoms with van der Waals surface area (Å²) in [6.07, 6.45) is 0.647. The van der Waals surface area contributed by atoms with E-state index in [9.17, 15) is 9.59 Å². The topological polar surface area (TPSA) is 62.0 Å². The van der Waals surface area contributed by atoms with Gasteiger partial charge in [0.1, 0.15) is 4.83 Å². The molecule has 2 heterocycles. The lowest BCUT2D eigenvalue weighted by Crippen LogP contribution is -2.11. The summed E-state index contributed by atoms with van der Waals surface area (Å²) in [5, 5.41) is 3.48. The SMILES string of the molecule is Cc1c(C(=O)Nc2ccccc2)sc2[nH]c(Cc3ccccc3)cc(=O)c12. The number of hydrogen-bond donors (Lipinski definition) is 2. The second-order valence-electron chi connectivity index (χ2n) is 6.40. The summed E-state index contributed by atoms with van der Waals surface area (Å²) in [6, 6.07) is 20.9. The first kappa shape index (κ1) is 17.2. The molecule has 134 valence electrons. The monoisotopic (exact) mass is 374 g/mol. The number of para-hydroxylation sites is 1. The Morgan fingerprint density at radius 1 is 1.04 bits per heavy atom. The average Bonchev–Trinajstić information content (AvgIpc) is 3.00.